The number of Topliss-reactive ketones (excluding diaryl/α,β-unsaturated/α-hetero) is 1. The van der Waals surface area contributed by atoms with Crippen molar-refractivity contribution >= 4 is 16.6 Å². The lowest BCUT2D eigenvalue weighted by atomic mass is 9.96. The molecule has 0 amide bonds. The summed E-state index contributed by atoms with van der Waals surface area (Å²) in [6.45, 7) is 2.01. The molecule has 0 aliphatic heterocycles. The van der Waals surface area contributed by atoms with E-state index < -0.39 is 6.10 Å². The third kappa shape index (κ3) is 2.44. The number of ketones is 1. The fraction of sp³-hybridized carbons (Fsp3) is 0.312. The van der Waals surface area contributed by atoms with E-state index in [0.717, 1.165) is 22.8 Å². The SMILES string of the molecule is CCCC(=O)C(OC)c1cccc2ccccc12. The summed E-state index contributed by atoms with van der Waals surface area (Å²) in [6, 6.07) is 14.1. The molecule has 2 heteroatoms. The molecule has 0 bridgehead atoms. The molecule has 0 heterocycles. The summed E-state index contributed by atoms with van der Waals surface area (Å²) in [5.41, 5.74) is 0.967. The molecular formula is C16H18O2. The predicted molar refractivity (Wildman–Crippen MR) is 73.6 cm³/mol. The molecule has 0 aromatic heterocycles. The minimum Gasteiger partial charge on any atom is -0.369 e. The van der Waals surface area contributed by atoms with Crippen LogP contribution in [-0.4, -0.2) is 12.9 Å². The fourth-order valence-electron chi connectivity index (χ4n) is 2.29. The van der Waals surface area contributed by atoms with E-state index in [9.17, 15) is 4.79 Å². The maximum atomic E-state index is 12.1. The highest BCUT2D eigenvalue weighted by Crippen LogP contribution is 2.27. The lowest BCUT2D eigenvalue weighted by molar-refractivity contribution is -0.129. The zero-order valence-corrected chi connectivity index (χ0v) is 10.8. The molecule has 0 saturated carbocycles. The van der Waals surface area contributed by atoms with Gasteiger partial charge in [-0.15, -0.1) is 0 Å². The van der Waals surface area contributed by atoms with E-state index in [1.165, 1.54) is 0 Å². The normalized spacial score (nSPS) is 12.6. The summed E-state index contributed by atoms with van der Waals surface area (Å²) in [7, 11) is 1.60. The summed E-state index contributed by atoms with van der Waals surface area (Å²) in [6.07, 6.45) is 0.960. The Bertz CT molecular complexity index is 540. The van der Waals surface area contributed by atoms with E-state index in [1.807, 2.05) is 37.3 Å². The molecule has 0 aliphatic carbocycles. The molecule has 94 valence electrons. The van der Waals surface area contributed by atoms with E-state index in [1.54, 1.807) is 7.11 Å². The van der Waals surface area contributed by atoms with Gasteiger partial charge < -0.3 is 4.74 Å². The van der Waals surface area contributed by atoms with Gasteiger partial charge in [-0.3, -0.25) is 4.79 Å². The number of ether oxygens (including phenoxy) is 1. The molecule has 0 saturated heterocycles. The van der Waals surface area contributed by atoms with E-state index in [0.29, 0.717) is 6.42 Å². The van der Waals surface area contributed by atoms with Crippen molar-refractivity contribution in [2.45, 2.75) is 25.9 Å². The summed E-state index contributed by atoms with van der Waals surface area (Å²) in [5.74, 6) is 0.149. The Hall–Kier alpha value is -1.67. The molecule has 2 aromatic carbocycles. The van der Waals surface area contributed by atoms with Crippen LogP contribution in [0.3, 0.4) is 0 Å². The first-order chi connectivity index (χ1) is 8.77. The van der Waals surface area contributed by atoms with Crippen LogP contribution in [0.2, 0.25) is 0 Å². The average molecular weight is 242 g/mol. The Morgan fingerprint density at radius 2 is 1.89 bits per heavy atom. The highest BCUT2D eigenvalue weighted by atomic mass is 16.5. The number of carbonyl (C=O) groups is 1. The van der Waals surface area contributed by atoms with Gasteiger partial charge in [-0.2, -0.15) is 0 Å². The first-order valence-corrected chi connectivity index (χ1v) is 6.31. The number of methoxy groups -OCH3 is 1. The van der Waals surface area contributed by atoms with Crippen molar-refractivity contribution < 1.29 is 9.53 Å². The molecule has 0 fully saturated rings. The van der Waals surface area contributed by atoms with Crippen LogP contribution in [0.1, 0.15) is 31.4 Å². The Balaban J connectivity index is 2.48. The highest BCUT2D eigenvalue weighted by molar-refractivity contribution is 5.92. The van der Waals surface area contributed by atoms with Crippen LogP contribution in [0.15, 0.2) is 42.5 Å². The second-order valence-electron chi connectivity index (χ2n) is 4.40. The van der Waals surface area contributed by atoms with Crippen LogP contribution in [0.25, 0.3) is 10.8 Å². The highest BCUT2D eigenvalue weighted by Gasteiger charge is 2.20. The van der Waals surface area contributed by atoms with Crippen LogP contribution in [-0.2, 0) is 9.53 Å². The summed E-state index contributed by atoms with van der Waals surface area (Å²) < 4.78 is 5.41. The van der Waals surface area contributed by atoms with Gasteiger partial charge in [0.15, 0.2) is 5.78 Å². The number of benzene rings is 2. The maximum absolute atomic E-state index is 12.1. The molecule has 2 aromatic rings. The van der Waals surface area contributed by atoms with E-state index in [2.05, 4.69) is 12.1 Å². The zero-order valence-electron chi connectivity index (χ0n) is 10.8. The third-order valence-corrected chi connectivity index (χ3v) is 3.13. The standard InChI is InChI=1S/C16H18O2/c1-3-7-15(17)16(18-2)14-11-6-9-12-8-4-5-10-13(12)14/h4-6,8-11,16H,3,7H2,1-2H3. The number of hydrogen-bond acceptors (Lipinski definition) is 2. The molecule has 2 rings (SSSR count). The summed E-state index contributed by atoms with van der Waals surface area (Å²) in [5, 5.41) is 2.23. The first-order valence-electron chi connectivity index (χ1n) is 6.31. The summed E-state index contributed by atoms with van der Waals surface area (Å²) in [4.78, 5) is 12.1. The Kier molecular flexibility index (Phi) is 4.11. The molecule has 0 radical (unpaired) electrons. The van der Waals surface area contributed by atoms with Gasteiger partial charge in [-0.25, -0.2) is 0 Å². The van der Waals surface area contributed by atoms with Crippen molar-refractivity contribution in [2.75, 3.05) is 7.11 Å². The average Bonchev–Trinajstić information content (AvgIpc) is 2.40. The van der Waals surface area contributed by atoms with E-state index in [4.69, 9.17) is 4.74 Å². The van der Waals surface area contributed by atoms with Crippen molar-refractivity contribution in [1.29, 1.82) is 0 Å². The van der Waals surface area contributed by atoms with Crippen LogP contribution >= 0.6 is 0 Å². The largest absolute Gasteiger partial charge is 0.369 e. The van der Waals surface area contributed by atoms with E-state index >= 15 is 0 Å². The minimum atomic E-state index is -0.448. The second kappa shape index (κ2) is 5.78. The molecule has 0 N–H and O–H groups in total. The van der Waals surface area contributed by atoms with Crippen molar-refractivity contribution in [2.24, 2.45) is 0 Å². The second-order valence-corrected chi connectivity index (χ2v) is 4.40. The predicted octanol–water partition coefficient (Wildman–Crippen LogP) is 3.90. The van der Waals surface area contributed by atoms with Gasteiger partial charge in [0.1, 0.15) is 6.10 Å². The number of rotatable bonds is 5. The number of fused-ring (bicyclic) bond motifs is 1. The molecular weight excluding hydrogens is 224 g/mol. The number of carbonyl (C=O) groups excluding carboxylic acids is 1. The Morgan fingerprint density at radius 3 is 2.61 bits per heavy atom. The fourth-order valence-corrected chi connectivity index (χ4v) is 2.29. The van der Waals surface area contributed by atoms with Crippen molar-refractivity contribution in [1.82, 2.24) is 0 Å². The molecule has 2 nitrogen and oxygen atoms in total. The quantitative estimate of drug-likeness (QED) is 0.795. The Labute approximate surface area is 108 Å². The maximum Gasteiger partial charge on any atom is 0.166 e. The number of hydrogen-bond donors (Lipinski definition) is 0. The lowest BCUT2D eigenvalue weighted by Crippen LogP contribution is -2.14. The minimum absolute atomic E-state index is 0.149. The smallest absolute Gasteiger partial charge is 0.166 e. The molecule has 1 atom stereocenters. The molecule has 0 spiro atoms. The van der Waals surface area contributed by atoms with Crippen LogP contribution in [0.4, 0.5) is 0 Å². The van der Waals surface area contributed by atoms with Crippen LogP contribution in [0.5, 0.6) is 0 Å². The third-order valence-electron chi connectivity index (χ3n) is 3.13. The Morgan fingerprint density at radius 1 is 1.17 bits per heavy atom. The van der Waals surface area contributed by atoms with Crippen molar-refractivity contribution in [3.05, 3.63) is 48.0 Å². The molecule has 18 heavy (non-hydrogen) atoms. The van der Waals surface area contributed by atoms with Crippen LogP contribution < -0.4 is 0 Å². The van der Waals surface area contributed by atoms with E-state index in [-0.39, 0.29) is 5.78 Å². The molecule has 0 aliphatic rings. The van der Waals surface area contributed by atoms with Gasteiger partial charge >= 0.3 is 0 Å². The van der Waals surface area contributed by atoms with Crippen molar-refractivity contribution in [3.8, 4) is 0 Å². The topological polar surface area (TPSA) is 26.3 Å². The monoisotopic (exact) mass is 242 g/mol. The van der Waals surface area contributed by atoms with Gasteiger partial charge in [-0.05, 0) is 22.8 Å². The summed E-state index contributed by atoms with van der Waals surface area (Å²) >= 11 is 0. The van der Waals surface area contributed by atoms with Gasteiger partial charge in [0.05, 0.1) is 0 Å². The first kappa shape index (κ1) is 12.8. The zero-order chi connectivity index (χ0) is 13.0. The van der Waals surface area contributed by atoms with Crippen LogP contribution in [0, 0.1) is 0 Å². The van der Waals surface area contributed by atoms with Gasteiger partial charge in [0.2, 0.25) is 0 Å². The van der Waals surface area contributed by atoms with Gasteiger partial charge in [0, 0.05) is 13.5 Å². The van der Waals surface area contributed by atoms with Gasteiger partial charge in [-0.1, -0.05) is 49.4 Å². The lowest BCUT2D eigenvalue weighted by Gasteiger charge is -2.16. The van der Waals surface area contributed by atoms with Crippen molar-refractivity contribution in [3.63, 3.8) is 0 Å². The molecule has 1 unspecified atom stereocenters. The van der Waals surface area contributed by atoms with Gasteiger partial charge in [0.25, 0.3) is 0 Å².